The molecular weight excluding hydrogens is 278 g/mol. The third-order valence-corrected chi connectivity index (χ3v) is 3.59. The molecular formula is C15H19N7. The van der Waals surface area contributed by atoms with E-state index < -0.39 is 0 Å². The zero-order valence-electron chi connectivity index (χ0n) is 12.2. The van der Waals surface area contributed by atoms with Gasteiger partial charge in [-0.05, 0) is 19.4 Å². The summed E-state index contributed by atoms with van der Waals surface area (Å²) in [4.78, 5) is 8.04. The van der Waals surface area contributed by atoms with Gasteiger partial charge in [-0.1, -0.05) is 6.42 Å². The number of hydrogen-bond donors (Lipinski definition) is 3. The fourth-order valence-corrected chi connectivity index (χ4v) is 2.43. The fraction of sp³-hybridized carbons (Fsp3) is 0.333. The number of aromatic nitrogens is 6. The molecule has 0 aliphatic carbocycles. The van der Waals surface area contributed by atoms with E-state index in [0.717, 1.165) is 17.8 Å². The number of H-pyrrole nitrogens is 2. The minimum Gasteiger partial charge on any atom is -0.310 e. The zero-order valence-corrected chi connectivity index (χ0v) is 12.2. The average molecular weight is 297 g/mol. The predicted octanol–water partition coefficient (Wildman–Crippen LogP) is 2.09. The molecule has 1 saturated heterocycles. The van der Waals surface area contributed by atoms with Crippen LogP contribution in [-0.2, 0) is 0 Å². The van der Waals surface area contributed by atoms with Crippen molar-refractivity contribution in [1.82, 2.24) is 35.7 Å². The molecule has 7 heteroatoms. The summed E-state index contributed by atoms with van der Waals surface area (Å²) in [6.07, 6.45) is 16.3. The molecule has 1 fully saturated rings. The van der Waals surface area contributed by atoms with Gasteiger partial charge in [-0.25, -0.2) is 0 Å². The first-order valence-corrected chi connectivity index (χ1v) is 7.41. The Morgan fingerprint density at radius 1 is 0.955 bits per heavy atom. The van der Waals surface area contributed by atoms with Gasteiger partial charge in [0.2, 0.25) is 0 Å². The maximum Gasteiger partial charge on any atom is 0.0916 e. The lowest BCUT2D eigenvalue weighted by Crippen LogP contribution is -2.26. The Balaban J connectivity index is 0.000000131. The first-order valence-electron chi connectivity index (χ1n) is 7.41. The molecule has 22 heavy (non-hydrogen) atoms. The smallest absolute Gasteiger partial charge is 0.0916 e. The highest BCUT2D eigenvalue weighted by molar-refractivity contribution is 5.54. The van der Waals surface area contributed by atoms with Gasteiger partial charge in [0.05, 0.1) is 24.3 Å². The second-order valence-corrected chi connectivity index (χ2v) is 5.11. The summed E-state index contributed by atoms with van der Waals surface area (Å²) < 4.78 is 0. The van der Waals surface area contributed by atoms with Crippen molar-refractivity contribution >= 4 is 0 Å². The second-order valence-electron chi connectivity index (χ2n) is 5.11. The van der Waals surface area contributed by atoms with Gasteiger partial charge in [-0.2, -0.15) is 10.2 Å². The van der Waals surface area contributed by atoms with Crippen molar-refractivity contribution in [3.63, 3.8) is 0 Å². The Kier molecular flexibility index (Phi) is 4.88. The monoisotopic (exact) mass is 297 g/mol. The average Bonchev–Trinajstić information content (AvgIpc) is 3.31. The molecule has 1 unspecified atom stereocenters. The summed E-state index contributed by atoms with van der Waals surface area (Å²) in [5, 5.41) is 16.7. The number of aromatic amines is 2. The molecule has 0 bridgehead atoms. The van der Waals surface area contributed by atoms with Gasteiger partial charge >= 0.3 is 0 Å². The van der Waals surface area contributed by atoms with Crippen LogP contribution < -0.4 is 5.32 Å². The lowest BCUT2D eigenvalue weighted by molar-refractivity contribution is 0.412. The van der Waals surface area contributed by atoms with Crippen molar-refractivity contribution in [2.24, 2.45) is 0 Å². The molecule has 1 aliphatic heterocycles. The number of nitrogens with one attached hydrogen (secondary N) is 3. The molecule has 0 aromatic carbocycles. The highest BCUT2D eigenvalue weighted by atomic mass is 15.1. The summed E-state index contributed by atoms with van der Waals surface area (Å²) in [7, 11) is 0. The van der Waals surface area contributed by atoms with Crippen LogP contribution in [0.25, 0.3) is 11.3 Å². The highest BCUT2D eigenvalue weighted by Gasteiger charge is 2.14. The minimum absolute atomic E-state index is 0.544. The standard InChI is InChI=1S/C8H13N3.C7H6N4/c1-2-4-9-8(3-1)7-5-10-11-6-7;1-2-9-7(5-8-1)6-3-10-11-4-6/h5-6,8-9H,1-4H2,(H,10,11);1-5H,(H,10,11). The van der Waals surface area contributed by atoms with E-state index in [2.05, 4.69) is 35.7 Å². The lowest BCUT2D eigenvalue weighted by Gasteiger charge is -2.21. The van der Waals surface area contributed by atoms with Crippen molar-refractivity contribution in [1.29, 1.82) is 0 Å². The van der Waals surface area contributed by atoms with E-state index in [1.54, 1.807) is 31.0 Å². The van der Waals surface area contributed by atoms with Crippen LogP contribution in [0.1, 0.15) is 30.9 Å². The molecule has 3 aromatic rings. The Labute approximate surface area is 128 Å². The van der Waals surface area contributed by atoms with Gasteiger partial charge in [0.15, 0.2) is 0 Å². The van der Waals surface area contributed by atoms with Gasteiger partial charge in [-0.3, -0.25) is 20.2 Å². The van der Waals surface area contributed by atoms with E-state index >= 15 is 0 Å². The topological polar surface area (TPSA) is 95.2 Å². The van der Waals surface area contributed by atoms with Gasteiger partial charge in [0.1, 0.15) is 0 Å². The van der Waals surface area contributed by atoms with Crippen molar-refractivity contribution in [3.8, 4) is 11.3 Å². The molecule has 0 radical (unpaired) electrons. The summed E-state index contributed by atoms with van der Waals surface area (Å²) in [6.45, 7) is 1.15. The lowest BCUT2D eigenvalue weighted by atomic mass is 10.0. The van der Waals surface area contributed by atoms with Crippen molar-refractivity contribution in [3.05, 3.63) is 48.9 Å². The Morgan fingerprint density at radius 2 is 1.86 bits per heavy atom. The van der Waals surface area contributed by atoms with Crippen molar-refractivity contribution in [2.75, 3.05) is 6.54 Å². The predicted molar refractivity (Wildman–Crippen MR) is 82.8 cm³/mol. The number of rotatable bonds is 2. The molecule has 4 rings (SSSR count). The quantitative estimate of drug-likeness (QED) is 0.673. The first kappa shape index (κ1) is 14.4. The van der Waals surface area contributed by atoms with E-state index in [0.29, 0.717) is 6.04 Å². The van der Waals surface area contributed by atoms with Crippen molar-refractivity contribution < 1.29 is 0 Å². The zero-order chi connectivity index (χ0) is 15.0. The van der Waals surface area contributed by atoms with Crippen LogP contribution >= 0.6 is 0 Å². The van der Waals surface area contributed by atoms with Crippen LogP contribution in [0.4, 0.5) is 0 Å². The van der Waals surface area contributed by atoms with E-state index in [4.69, 9.17) is 0 Å². The Bertz CT molecular complexity index is 628. The second kappa shape index (κ2) is 7.46. The molecule has 114 valence electrons. The maximum absolute atomic E-state index is 4.10. The summed E-state index contributed by atoms with van der Waals surface area (Å²) in [6, 6.07) is 0.544. The van der Waals surface area contributed by atoms with Crippen LogP contribution in [0, 0.1) is 0 Å². The third-order valence-electron chi connectivity index (χ3n) is 3.59. The van der Waals surface area contributed by atoms with Crippen LogP contribution in [-0.4, -0.2) is 36.9 Å². The molecule has 0 amide bonds. The molecule has 7 nitrogen and oxygen atoms in total. The van der Waals surface area contributed by atoms with E-state index in [-0.39, 0.29) is 0 Å². The van der Waals surface area contributed by atoms with Gasteiger partial charge in [0.25, 0.3) is 0 Å². The molecule has 0 spiro atoms. The molecule has 1 atom stereocenters. The summed E-state index contributed by atoms with van der Waals surface area (Å²) >= 11 is 0. The van der Waals surface area contributed by atoms with Crippen LogP contribution in [0.5, 0.6) is 0 Å². The Morgan fingerprint density at radius 3 is 2.50 bits per heavy atom. The Hall–Kier alpha value is -2.54. The molecule has 4 heterocycles. The minimum atomic E-state index is 0.544. The fourth-order valence-electron chi connectivity index (χ4n) is 2.43. The van der Waals surface area contributed by atoms with Crippen LogP contribution in [0.15, 0.2) is 43.4 Å². The van der Waals surface area contributed by atoms with Crippen LogP contribution in [0.3, 0.4) is 0 Å². The normalized spacial score (nSPS) is 17.5. The van der Waals surface area contributed by atoms with E-state index in [9.17, 15) is 0 Å². The molecule has 1 aliphatic rings. The van der Waals surface area contributed by atoms with E-state index in [1.807, 2.05) is 12.4 Å². The van der Waals surface area contributed by atoms with Crippen molar-refractivity contribution in [2.45, 2.75) is 25.3 Å². The highest BCUT2D eigenvalue weighted by Crippen LogP contribution is 2.21. The number of piperidine rings is 1. The largest absolute Gasteiger partial charge is 0.310 e. The van der Waals surface area contributed by atoms with Gasteiger partial charge in [-0.15, -0.1) is 0 Å². The molecule has 3 aromatic heterocycles. The number of nitrogens with zero attached hydrogens (tertiary/aromatic N) is 4. The van der Waals surface area contributed by atoms with Gasteiger partial charge < -0.3 is 5.32 Å². The maximum atomic E-state index is 4.10. The SMILES string of the molecule is c1cnc(-c2cn[nH]c2)cn1.c1n[nH]cc1C1CCCCN1. The molecule has 0 saturated carbocycles. The molecule has 3 N–H and O–H groups in total. The first-order chi connectivity index (χ1) is 10.9. The summed E-state index contributed by atoms with van der Waals surface area (Å²) in [5.74, 6) is 0. The number of hydrogen-bond acceptors (Lipinski definition) is 5. The van der Waals surface area contributed by atoms with Gasteiger partial charge in [0, 0.05) is 42.0 Å². The third kappa shape index (κ3) is 3.76. The summed E-state index contributed by atoms with van der Waals surface area (Å²) in [5.41, 5.74) is 3.09. The van der Waals surface area contributed by atoms with E-state index in [1.165, 1.54) is 24.8 Å². The van der Waals surface area contributed by atoms with Crippen LogP contribution in [0.2, 0.25) is 0 Å².